The number of nitrogens with one attached hydrogen (secondary N) is 2. The van der Waals surface area contributed by atoms with Crippen LogP contribution in [0.1, 0.15) is 39.2 Å². The molecule has 2 aromatic carbocycles. The summed E-state index contributed by atoms with van der Waals surface area (Å²) in [7, 11) is 4.57. The molecule has 2 fully saturated rings. The summed E-state index contributed by atoms with van der Waals surface area (Å²) in [5.41, 5.74) is 1.17. The summed E-state index contributed by atoms with van der Waals surface area (Å²) >= 11 is 6.06. The number of hydrogen-bond donors (Lipinski definition) is 2. The Hall–Kier alpha value is -3.37. The summed E-state index contributed by atoms with van der Waals surface area (Å²) in [4.78, 5) is 30.3. The normalized spacial score (nSPS) is 19.7. The predicted octanol–water partition coefficient (Wildman–Crippen LogP) is 5.43. The average molecular weight is 603 g/mol. The van der Waals surface area contributed by atoms with Crippen molar-refractivity contribution in [1.29, 1.82) is 0 Å². The van der Waals surface area contributed by atoms with Crippen molar-refractivity contribution >= 4 is 29.4 Å². The zero-order valence-electron chi connectivity index (χ0n) is 25.4. The number of piperidine rings is 1. The van der Waals surface area contributed by atoms with Crippen molar-refractivity contribution in [3.05, 3.63) is 47.0 Å². The van der Waals surface area contributed by atoms with Gasteiger partial charge in [-0.25, -0.2) is 9.59 Å². The van der Waals surface area contributed by atoms with Gasteiger partial charge in [-0.05, 0) is 76.7 Å². The average Bonchev–Trinajstić information content (AvgIpc) is 3.37. The minimum absolute atomic E-state index is 0.0420. The predicted molar refractivity (Wildman–Crippen MR) is 163 cm³/mol. The third-order valence-corrected chi connectivity index (χ3v) is 7.99. The number of likely N-dealkylation sites (tertiary alicyclic amines) is 2. The number of anilines is 1. The maximum atomic E-state index is 13.2. The highest BCUT2D eigenvalue weighted by Gasteiger charge is 2.42. The van der Waals surface area contributed by atoms with Crippen LogP contribution in [0.5, 0.6) is 17.2 Å². The first kappa shape index (κ1) is 31.6. The quantitative estimate of drug-likeness (QED) is 0.415. The number of halogens is 1. The van der Waals surface area contributed by atoms with Crippen molar-refractivity contribution in [2.45, 2.75) is 57.7 Å². The molecule has 2 aromatic rings. The van der Waals surface area contributed by atoms with Crippen LogP contribution in [0.4, 0.5) is 15.3 Å². The first-order chi connectivity index (χ1) is 20.0. The molecule has 0 saturated carbocycles. The van der Waals surface area contributed by atoms with Gasteiger partial charge >= 0.3 is 12.1 Å². The summed E-state index contributed by atoms with van der Waals surface area (Å²) in [5.74, 6) is 1.88. The summed E-state index contributed by atoms with van der Waals surface area (Å²) in [6, 6.07) is 10.7. The number of benzene rings is 2. The van der Waals surface area contributed by atoms with Gasteiger partial charge in [-0.2, -0.15) is 0 Å². The summed E-state index contributed by atoms with van der Waals surface area (Å²) in [5, 5.41) is 6.75. The Bertz CT molecular complexity index is 1200. The Kier molecular flexibility index (Phi) is 10.3. The molecule has 4 rings (SSSR count). The number of nitrogens with zero attached hydrogens (tertiary/aromatic N) is 2. The second-order valence-corrected chi connectivity index (χ2v) is 12.3. The number of urea groups is 1. The van der Waals surface area contributed by atoms with Gasteiger partial charge in [0.05, 0.1) is 33.1 Å². The van der Waals surface area contributed by atoms with E-state index < -0.39 is 5.60 Å². The molecule has 10 nitrogen and oxygen atoms in total. The highest BCUT2D eigenvalue weighted by molar-refractivity contribution is 6.30. The maximum absolute atomic E-state index is 13.2. The standard InChI is InChI=1S/C31H43ClN4O6/c1-31(2,3)42-30(38)36-18-24(34-29(37)33-23-16-26(39-4)28(41-6)27(17-23)40-5)25(19-36)35-13-11-21(12-14-35)15-20-7-9-22(32)10-8-20/h7-10,16-17,21,24-25H,11-15,18-19H2,1-6H3,(H2,33,34,37). The van der Waals surface area contributed by atoms with Crippen molar-refractivity contribution in [2.24, 2.45) is 5.92 Å². The SMILES string of the molecule is COc1cc(NC(=O)NC2CN(C(=O)OC(C)(C)C)CC2N2CCC(Cc3ccc(Cl)cc3)CC2)cc(OC)c1OC. The number of rotatable bonds is 8. The van der Waals surface area contributed by atoms with Gasteiger partial charge < -0.3 is 34.5 Å². The van der Waals surface area contributed by atoms with Crippen LogP contribution in [0.15, 0.2) is 36.4 Å². The molecule has 2 saturated heterocycles. The molecule has 0 bridgehead atoms. The lowest BCUT2D eigenvalue weighted by molar-refractivity contribution is 0.0273. The number of hydrogen-bond acceptors (Lipinski definition) is 7. The van der Waals surface area contributed by atoms with E-state index in [-0.39, 0.29) is 24.2 Å². The Morgan fingerprint density at radius 2 is 1.57 bits per heavy atom. The van der Waals surface area contributed by atoms with Gasteiger partial charge in [0.25, 0.3) is 0 Å². The van der Waals surface area contributed by atoms with Gasteiger partial charge in [-0.1, -0.05) is 23.7 Å². The second-order valence-electron chi connectivity index (χ2n) is 11.9. The Morgan fingerprint density at radius 3 is 2.12 bits per heavy atom. The Balaban J connectivity index is 1.44. The van der Waals surface area contributed by atoms with Crippen LogP contribution in [0.2, 0.25) is 5.02 Å². The zero-order valence-corrected chi connectivity index (χ0v) is 26.1. The van der Waals surface area contributed by atoms with E-state index in [4.69, 9.17) is 30.5 Å². The van der Waals surface area contributed by atoms with E-state index in [9.17, 15) is 9.59 Å². The second kappa shape index (κ2) is 13.7. The van der Waals surface area contributed by atoms with Gasteiger partial charge in [-0.3, -0.25) is 4.90 Å². The van der Waals surface area contributed by atoms with Crippen LogP contribution in [-0.4, -0.2) is 87.1 Å². The molecule has 42 heavy (non-hydrogen) atoms. The Morgan fingerprint density at radius 1 is 0.952 bits per heavy atom. The number of methoxy groups -OCH3 is 3. The van der Waals surface area contributed by atoms with E-state index in [1.165, 1.54) is 26.9 Å². The molecule has 2 aliphatic heterocycles. The van der Waals surface area contributed by atoms with Gasteiger partial charge in [0, 0.05) is 36.3 Å². The van der Waals surface area contributed by atoms with E-state index in [1.807, 2.05) is 32.9 Å². The molecule has 2 atom stereocenters. The van der Waals surface area contributed by atoms with Crippen molar-refractivity contribution < 1.29 is 28.5 Å². The number of ether oxygens (including phenoxy) is 4. The minimum Gasteiger partial charge on any atom is -0.493 e. The van der Waals surface area contributed by atoms with Crippen molar-refractivity contribution in [2.75, 3.05) is 52.8 Å². The van der Waals surface area contributed by atoms with Crippen LogP contribution in [-0.2, 0) is 11.2 Å². The molecule has 2 aliphatic rings. The lowest BCUT2D eigenvalue weighted by atomic mass is 9.89. The first-order valence-corrected chi connectivity index (χ1v) is 14.7. The molecular formula is C31H43ClN4O6. The molecule has 11 heteroatoms. The number of carbonyl (C=O) groups excluding carboxylic acids is 2. The van der Waals surface area contributed by atoms with E-state index in [0.717, 1.165) is 37.4 Å². The third-order valence-electron chi connectivity index (χ3n) is 7.74. The fraction of sp³-hybridized carbons (Fsp3) is 0.548. The van der Waals surface area contributed by atoms with Crippen LogP contribution in [0.25, 0.3) is 0 Å². The minimum atomic E-state index is -0.609. The van der Waals surface area contributed by atoms with Crippen LogP contribution in [0, 0.1) is 5.92 Å². The van der Waals surface area contributed by atoms with Crippen molar-refractivity contribution in [1.82, 2.24) is 15.1 Å². The molecule has 2 heterocycles. The summed E-state index contributed by atoms with van der Waals surface area (Å²) in [6.45, 7) is 8.16. The van der Waals surface area contributed by atoms with Gasteiger partial charge in [0.1, 0.15) is 5.60 Å². The van der Waals surface area contributed by atoms with Gasteiger partial charge in [0.2, 0.25) is 5.75 Å². The fourth-order valence-electron chi connectivity index (χ4n) is 5.71. The zero-order chi connectivity index (χ0) is 30.4. The van der Waals surface area contributed by atoms with Crippen LogP contribution < -0.4 is 24.8 Å². The maximum Gasteiger partial charge on any atom is 0.410 e. The number of amides is 3. The molecule has 2 N–H and O–H groups in total. The fourth-order valence-corrected chi connectivity index (χ4v) is 5.83. The monoisotopic (exact) mass is 602 g/mol. The smallest absolute Gasteiger partial charge is 0.410 e. The molecule has 3 amide bonds. The van der Waals surface area contributed by atoms with Crippen LogP contribution >= 0.6 is 11.6 Å². The molecule has 0 spiro atoms. The highest BCUT2D eigenvalue weighted by Crippen LogP contribution is 2.40. The third kappa shape index (κ3) is 8.13. The van der Waals surface area contributed by atoms with Crippen LogP contribution in [0.3, 0.4) is 0 Å². The topological polar surface area (TPSA) is 102 Å². The Labute approximate surface area is 253 Å². The highest BCUT2D eigenvalue weighted by atomic mass is 35.5. The summed E-state index contributed by atoms with van der Waals surface area (Å²) < 4.78 is 21.9. The summed E-state index contributed by atoms with van der Waals surface area (Å²) in [6.07, 6.45) is 2.71. The van der Waals surface area contributed by atoms with E-state index in [1.54, 1.807) is 17.0 Å². The van der Waals surface area contributed by atoms with Crippen molar-refractivity contribution in [3.63, 3.8) is 0 Å². The first-order valence-electron chi connectivity index (χ1n) is 14.3. The van der Waals surface area contributed by atoms with E-state index in [2.05, 4.69) is 27.7 Å². The van der Waals surface area contributed by atoms with E-state index in [0.29, 0.717) is 41.9 Å². The number of carbonyl (C=O) groups is 2. The van der Waals surface area contributed by atoms with Crippen molar-refractivity contribution in [3.8, 4) is 17.2 Å². The lowest BCUT2D eigenvalue weighted by Crippen LogP contribution is -2.54. The molecule has 0 aliphatic carbocycles. The molecule has 230 valence electrons. The van der Waals surface area contributed by atoms with Gasteiger partial charge in [-0.15, -0.1) is 0 Å². The lowest BCUT2D eigenvalue weighted by Gasteiger charge is -2.38. The molecule has 2 unspecified atom stereocenters. The largest absolute Gasteiger partial charge is 0.493 e. The van der Waals surface area contributed by atoms with E-state index >= 15 is 0 Å². The molecular weight excluding hydrogens is 560 g/mol. The van der Waals surface area contributed by atoms with Gasteiger partial charge in [0.15, 0.2) is 11.5 Å². The molecule has 0 aromatic heterocycles. The molecule has 0 radical (unpaired) electrons.